The summed E-state index contributed by atoms with van der Waals surface area (Å²) in [5.74, 6) is -0.0565. The molecule has 2 rings (SSSR count). The average molecular weight is 296 g/mol. The molecule has 110 valence electrons. The van der Waals surface area contributed by atoms with E-state index < -0.39 is 11.4 Å². The maximum Gasteiger partial charge on any atom is 0.246 e. The third-order valence-corrected chi connectivity index (χ3v) is 4.02. The number of rotatable bonds is 5. The van der Waals surface area contributed by atoms with Crippen LogP contribution in [0.3, 0.4) is 0 Å². The fraction of sp³-hybridized carbons (Fsp3) is 0.533. The summed E-state index contributed by atoms with van der Waals surface area (Å²) in [4.78, 5) is 12.9. The van der Waals surface area contributed by atoms with Crippen molar-refractivity contribution in [1.82, 2.24) is 0 Å². The van der Waals surface area contributed by atoms with Crippen LogP contribution in [0.4, 0.5) is 0 Å². The van der Waals surface area contributed by atoms with Gasteiger partial charge in [0.05, 0.1) is 17.1 Å². The van der Waals surface area contributed by atoms with Crippen LogP contribution in [0.1, 0.15) is 38.1 Å². The van der Waals surface area contributed by atoms with Gasteiger partial charge in [0.2, 0.25) is 17.1 Å². The second kappa shape index (κ2) is 5.22. The van der Waals surface area contributed by atoms with E-state index in [0.29, 0.717) is 4.88 Å². The van der Waals surface area contributed by atoms with Crippen molar-refractivity contribution in [1.29, 1.82) is 0 Å². The molecule has 1 aliphatic carbocycles. The number of hydrogen-bond acceptors (Lipinski definition) is 5. The molecule has 1 N–H and O–H groups in total. The van der Waals surface area contributed by atoms with Gasteiger partial charge in [0, 0.05) is 0 Å². The maximum atomic E-state index is 12.3. The molecule has 20 heavy (non-hydrogen) atoms. The standard InChI is InChI=1S/C15H20O4S/c1-8(2)18-12-13(16)15(17,14(12)19-9(3)4)11-6-10(5)7-20-11/h6-9,17H,1-5H3. The summed E-state index contributed by atoms with van der Waals surface area (Å²) >= 11 is 1.35. The van der Waals surface area contributed by atoms with Gasteiger partial charge >= 0.3 is 0 Å². The largest absolute Gasteiger partial charge is 0.487 e. The lowest BCUT2D eigenvalue weighted by Gasteiger charge is -2.39. The highest BCUT2D eigenvalue weighted by Gasteiger charge is 2.59. The number of Topliss-reactive ketones (excluding diaryl/α,β-unsaturated/α-hetero) is 1. The van der Waals surface area contributed by atoms with Gasteiger partial charge < -0.3 is 14.6 Å². The molecule has 1 aromatic rings. The first kappa shape index (κ1) is 15.1. The second-order valence-electron chi connectivity index (χ2n) is 5.52. The van der Waals surface area contributed by atoms with Crippen molar-refractivity contribution in [2.24, 2.45) is 0 Å². The lowest BCUT2D eigenvalue weighted by atomic mass is 9.81. The minimum absolute atomic E-state index is 0.141. The van der Waals surface area contributed by atoms with E-state index in [0.717, 1.165) is 5.56 Å². The lowest BCUT2D eigenvalue weighted by Crippen LogP contribution is -2.50. The van der Waals surface area contributed by atoms with Gasteiger partial charge in [-0.05, 0) is 51.6 Å². The van der Waals surface area contributed by atoms with Gasteiger partial charge in [-0.15, -0.1) is 11.3 Å². The Bertz CT molecular complexity index is 556. The van der Waals surface area contributed by atoms with Gasteiger partial charge in [0.1, 0.15) is 0 Å². The number of thiophene rings is 1. The highest BCUT2D eigenvalue weighted by atomic mass is 32.1. The van der Waals surface area contributed by atoms with Crippen molar-refractivity contribution in [2.45, 2.75) is 52.4 Å². The number of aliphatic hydroxyl groups is 1. The summed E-state index contributed by atoms with van der Waals surface area (Å²) in [5.41, 5.74) is -0.679. The first-order valence-electron chi connectivity index (χ1n) is 6.67. The van der Waals surface area contributed by atoms with Gasteiger partial charge in [-0.2, -0.15) is 0 Å². The molecule has 5 heteroatoms. The molecular weight excluding hydrogens is 276 g/mol. The predicted molar refractivity (Wildman–Crippen MR) is 77.4 cm³/mol. The molecule has 0 aromatic carbocycles. The van der Waals surface area contributed by atoms with Gasteiger partial charge in [-0.3, -0.25) is 4.79 Å². The van der Waals surface area contributed by atoms with Crippen molar-refractivity contribution in [3.05, 3.63) is 33.4 Å². The number of aryl methyl sites for hydroxylation is 1. The maximum absolute atomic E-state index is 12.3. The Balaban J connectivity index is 2.43. The van der Waals surface area contributed by atoms with E-state index in [9.17, 15) is 9.90 Å². The molecular formula is C15H20O4S. The molecule has 0 spiro atoms. The minimum atomic E-state index is -1.69. The Kier molecular flexibility index (Phi) is 3.93. The van der Waals surface area contributed by atoms with Gasteiger partial charge in [-0.1, -0.05) is 0 Å². The van der Waals surface area contributed by atoms with E-state index in [2.05, 4.69) is 0 Å². The number of hydrogen-bond donors (Lipinski definition) is 1. The Labute approximate surface area is 123 Å². The molecule has 0 bridgehead atoms. The van der Waals surface area contributed by atoms with Crippen LogP contribution in [0.5, 0.6) is 0 Å². The summed E-state index contributed by atoms with van der Waals surface area (Å²) in [5, 5.41) is 12.7. The first-order chi connectivity index (χ1) is 9.26. The summed E-state index contributed by atoms with van der Waals surface area (Å²) in [6.07, 6.45) is -0.286. The highest BCUT2D eigenvalue weighted by Crippen LogP contribution is 2.47. The first-order valence-corrected chi connectivity index (χ1v) is 7.55. The van der Waals surface area contributed by atoms with Crippen LogP contribution in [-0.2, 0) is 19.9 Å². The summed E-state index contributed by atoms with van der Waals surface area (Å²) in [6.45, 7) is 9.29. The predicted octanol–water partition coefficient (Wildman–Crippen LogP) is 2.89. The van der Waals surface area contributed by atoms with Crippen LogP contribution < -0.4 is 0 Å². The summed E-state index contributed by atoms with van der Waals surface area (Å²) < 4.78 is 11.1. The number of ketones is 1. The Hall–Kier alpha value is -1.33. The topological polar surface area (TPSA) is 55.8 Å². The van der Waals surface area contributed by atoms with Crippen molar-refractivity contribution >= 4 is 17.1 Å². The fourth-order valence-electron chi connectivity index (χ4n) is 2.03. The molecule has 0 aliphatic heterocycles. The SMILES string of the molecule is Cc1csc(C2(O)C(=O)C(OC(C)C)=C2OC(C)C)c1. The monoisotopic (exact) mass is 296 g/mol. The lowest BCUT2D eigenvalue weighted by molar-refractivity contribution is -0.151. The van der Waals surface area contributed by atoms with Crippen molar-refractivity contribution in [2.75, 3.05) is 0 Å². The van der Waals surface area contributed by atoms with Crippen molar-refractivity contribution < 1.29 is 19.4 Å². The van der Waals surface area contributed by atoms with Gasteiger partial charge in [0.15, 0.2) is 5.76 Å². The van der Waals surface area contributed by atoms with E-state index in [1.807, 2.05) is 40.0 Å². The van der Waals surface area contributed by atoms with Crippen molar-refractivity contribution in [3.63, 3.8) is 0 Å². The summed E-state index contributed by atoms with van der Waals surface area (Å²) in [7, 11) is 0. The van der Waals surface area contributed by atoms with Crippen LogP contribution in [0.25, 0.3) is 0 Å². The zero-order valence-electron chi connectivity index (χ0n) is 12.4. The Morgan fingerprint density at radius 1 is 1.20 bits per heavy atom. The van der Waals surface area contributed by atoms with E-state index in [1.165, 1.54) is 11.3 Å². The van der Waals surface area contributed by atoms with Gasteiger partial charge in [0.25, 0.3) is 0 Å². The van der Waals surface area contributed by atoms with Crippen LogP contribution in [-0.4, -0.2) is 23.1 Å². The Morgan fingerprint density at radius 3 is 2.25 bits per heavy atom. The molecule has 1 atom stereocenters. The molecule has 1 unspecified atom stereocenters. The van der Waals surface area contributed by atoms with E-state index >= 15 is 0 Å². The van der Waals surface area contributed by atoms with E-state index in [-0.39, 0.29) is 23.7 Å². The molecule has 0 saturated heterocycles. The molecule has 0 amide bonds. The van der Waals surface area contributed by atoms with Crippen molar-refractivity contribution in [3.8, 4) is 0 Å². The Morgan fingerprint density at radius 2 is 1.80 bits per heavy atom. The van der Waals surface area contributed by atoms with Crippen LogP contribution >= 0.6 is 11.3 Å². The molecule has 4 nitrogen and oxygen atoms in total. The average Bonchev–Trinajstić information content (AvgIpc) is 2.79. The fourth-order valence-corrected chi connectivity index (χ4v) is 3.03. The zero-order chi connectivity index (χ0) is 15.1. The van der Waals surface area contributed by atoms with Crippen LogP contribution in [0, 0.1) is 6.92 Å². The normalized spacial score (nSPS) is 22.5. The highest BCUT2D eigenvalue weighted by molar-refractivity contribution is 7.10. The molecule has 1 aromatic heterocycles. The minimum Gasteiger partial charge on any atom is -0.487 e. The van der Waals surface area contributed by atoms with E-state index in [4.69, 9.17) is 9.47 Å². The third kappa shape index (κ3) is 2.36. The number of carbonyl (C=O) groups excluding carboxylic acids is 1. The van der Waals surface area contributed by atoms with Gasteiger partial charge in [-0.25, -0.2) is 0 Å². The van der Waals surface area contributed by atoms with E-state index in [1.54, 1.807) is 6.07 Å². The molecule has 1 heterocycles. The molecule has 1 aliphatic rings. The number of carbonyl (C=O) groups is 1. The van der Waals surface area contributed by atoms with Crippen LogP contribution in [0.2, 0.25) is 0 Å². The molecule has 0 saturated carbocycles. The number of ether oxygens (including phenoxy) is 2. The third-order valence-electron chi connectivity index (χ3n) is 2.86. The van der Waals surface area contributed by atoms with Crippen LogP contribution in [0.15, 0.2) is 23.0 Å². The second-order valence-corrected chi connectivity index (χ2v) is 6.43. The summed E-state index contributed by atoms with van der Waals surface area (Å²) in [6, 6.07) is 1.80. The smallest absolute Gasteiger partial charge is 0.246 e. The quantitative estimate of drug-likeness (QED) is 0.907. The molecule has 0 fully saturated rings. The zero-order valence-corrected chi connectivity index (χ0v) is 13.2. The molecule has 0 radical (unpaired) electrons.